The number of likely N-dealkylation sites (N-methyl/N-ethyl adjacent to an activating group) is 1. The molecule has 1 N–H and O–H groups in total. The Hall–Kier alpha value is -1.48. The van der Waals surface area contributed by atoms with Crippen LogP contribution in [0.25, 0.3) is 11.1 Å². The average molecular weight is 518 g/mol. The van der Waals surface area contributed by atoms with Gasteiger partial charge in [0.25, 0.3) is 10.0 Å². The number of ether oxygens (including phenoxy) is 1. The number of nitrogens with one attached hydrogen (secondary N) is 1. The molecule has 0 saturated carbocycles. The van der Waals surface area contributed by atoms with Crippen molar-refractivity contribution >= 4 is 61.9 Å². The molecule has 164 valence electrons. The summed E-state index contributed by atoms with van der Waals surface area (Å²) in [6, 6.07) is 13.4. The molecule has 10 heteroatoms. The van der Waals surface area contributed by atoms with Gasteiger partial charge in [0.05, 0.1) is 15.0 Å². The van der Waals surface area contributed by atoms with Crippen molar-refractivity contribution in [1.82, 2.24) is 4.90 Å². The van der Waals surface area contributed by atoms with Gasteiger partial charge in [-0.15, -0.1) is 11.3 Å². The lowest BCUT2D eigenvalue weighted by Gasteiger charge is -2.16. The van der Waals surface area contributed by atoms with Gasteiger partial charge < -0.3 is 9.64 Å². The smallest absolute Gasteiger partial charge is 0.272 e. The molecule has 0 radical (unpaired) electrons. The molecule has 0 spiro atoms. The summed E-state index contributed by atoms with van der Waals surface area (Å²) in [6.45, 7) is 1.74. The van der Waals surface area contributed by atoms with Crippen molar-refractivity contribution in [1.29, 1.82) is 0 Å². The maximum absolute atomic E-state index is 13.2. The molecule has 5 nitrogen and oxygen atoms in total. The molecule has 1 aliphatic rings. The minimum absolute atomic E-state index is 0.0138. The normalized spacial score (nSPS) is 17.1. The van der Waals surface area contributed by atoms with Gasteiger partial charge in [0.1, 0.15) is 16.1 Å². The van der Waals surface area contributed by atoms with Crippen LogP contribution in [0.4, 0.5) is 5.69 Å². The van der Waals surface area contributed by atoms with Gasteiger partial charge in [-0.3, -0.25) is 4.72 Å². The number of anilines is 1. The Kier molecular flexibility index (Phi) is 6.72. The maximum atomic E-state index is 13.2. The van der Waals surface area contributed by atoms with Crippen LogP contribution in [0.15, 0.2) is 52.7 Å². The summed E-state index contributed by atoms with van der Waals surface area (Å²) in [5.41, 5.74) is 1.51. The summed E-state index contributed by atoms with van der Waals surface area (Å²) in [4.78, 5) is 2.17. The summed E-state index contributed by atoms with van der Waals surface area (Å²) >= 11 is 19.5. The molecule has 31 heavy (non-hydrogen) atoms. The number of likely N-dealkylation sites (tertiary alicyclic amines) is 1. The molecule has 3 aromatic rings. The van der Waals surface area contributed by atoms with Gasteiger partial charge in [-0.25, -0.2) is 8.42 Å². The zero-order valence-corrected chi connectivity index (χ0v) is 20.3. The molecule has 0 bridgehead atoms. The molecule has 1 unspecified atom stereocenters. The maximum Gasteiger partial charge on any atom is 0.272 e. The van der Waals surface area contributed by atoms with Gasteiger partial charge in [0.2, 0.25) is 0 Å². The number of halogens is 3. The van der Waals surface area contributed by atoms with E-state index in [4.69, 9.17) is 39.5 Å². The first-order valence-electron chi connectivity index (χ1n) is 9.44. The Morgan fingerprint density at radius 2 is 1.94 bits per heavy atom. The van der Waals surface area contributed by atoms with E-state index in [0.717, 1.165) is 30.8 Å². The lowest BCUT2D eigenvalue weighted by atomic mass is 10.1. The Balaban J connectivity index is 1.62. The number of sulfonamides is 1. The third-order valence-electron chi connectivity index (χ3n) is 4.87. The molecule has 1 aliphatic heterocycles. The minimum Gasteiger partial charge on any atom is -0.487 e. The second-order valence-corrected chi connectivity index (χ2v) is 11.7. The predicted octanol–water partition coefficient (Wildman–Crippen LogP) is 6.26. The molecule has 0 amide bonds. The van der Waals surface area contributed by atoms with Crippen LogP contribution in [0, 0.1) is 0 Å². The molecule has 2 aromatic carbocycles. The van der Waals surface area contributed by atoms with Crippen LogP contribution in [-0.2, 0) is 10.0 Å². The first kappa shape index (κ1) is 22.7. The van der Waals surface area contributed by atoms with Crippen molar-refractivity contribution in [2.24, 2.45) is 0 Å². The number of rotatable bonds is 6. The van der Waals surface area contributed by atoms with E-state index in [1.165, 1.54) is 0 Å². The molecule has 1 fully saturated rings. The zero-order chi connectivity index (χ0) is 22.2. The largest absolute Gasteiger partial charge is 0.487 e. The standard InChI is InChI=1S/C21H19Cl3N2O3S2/c1-26-8-7-16(12-26)29-19-10-15(5-6-18(19)23)25-31(27,28)21-17(11-20(24)30-21)13-3-2-4-14(22)9-13/h2-6,9-11,16,25H,7-8,12H2,1H3. The molecule has 1 atom stereocenters. The van der Waals surface area contributed by atoms with Crippen molar-refractivity contribution in [3.05, 3.63) is 62.9 Å². The Morgan fingerprint density at radius 1 is 1.13 bits per heavy atom. The Bertz CT molecular complexity index is 1210. The van der Waals surface area contributed by atoms with E-state index in [2.05, 4.69) is 9.62 Å². The number of thiophene rings is 1. The molecule has 0 aliphatic carbocycles. The van der Waals surface area contributed by atoms with Crippen molar-refractivity contribution < 1.29 is 13.2 Å². The monoisotopic (exact) mass is 516 g/mol. The number of hydrogen-bond acceptors (Lipinski definition) is 5. The van der Waals surface area contributed by atoms with E-state index >= 15 is 0 Å². The summed E-state index contributed by atoms with van der Waals surface area (Å²) in [7, 11) is -1.89. The summed E-state index contributed by atoms with van der Waals surface area (Å²) in [5, 5.41) is 0.935. The second kappa shape index (κ2) is 9.17. The lowest BCUT2D eigenvalue weighted by molar-refractivity contribution is 0.208. The first-order chi connectivity index (χ1) is 14.7. The number of nitrogens with zero attached hydrogens (tertiary/aromatic N) is 1. The predicted molar refractivity (Wildman–Crippen MR) is 129 cm³/mol. The molecule has 2 heterocycles. The highest BCUT2D eigenvalue weighted by Crippen LogP contribution is 2.39. The number of benzene rings is 2. The molecule has 4 rings (SSSR count). The Labute approximate surface area is 200 Å². The van der Waals surface area contributed by atoms with Crippen LogP contribution >= 0.6 is 46.1 Å². The van der Waals surface area contributed by atoms with E-state index < -0.39 is 10.0 Å². The van der Waals surface area contributed by atoms with Crippen LogP contribution in [0.1, 0.15) is 6.42 Å². The highest BCUT2D eigenvalue weighted by Gasteiger charge is 2.25. The summed E-state index contributed by atoms with van der Waals surface area (Å²) in [6.07, 6.45) is 0.902. The van der Waals surface area contributed by atoms with Crippen LogP contribution in [-0.4, -0.2) is 39.6 Å². The van der Waals surface area contributed by atoms with Crippen LogP contribution < -0.4 is 9.46 Å². The average Bonchev–Trinajstić information content (AvgIpc) is 3.30. The van der Waals surface area contributed by atoms with Crippen molar-refractivity contribution in [3.8, 4) is 16.9 Å². The lowest BCUT2D eigenvalue weighted by Crippen LogP contribution is -2.21. The molecule has 1 aromatic heterocycles. The van der Waals surface area contributed by atoms with Gasteiger partial charge in [-0.2, -0.15) is 0 Å². The highest BCUT2D eigenvalue weighted by atomic mass is 35.5. The van der Waals surface area contributed by atoms with Crippen molar-refractivity contribution in [2.75, 3.05) is 24.9 Å². The van der Waals surface area contributed by atoms with E-state index in [1.807, 2.05) is 7.05 Å². The van der Waals surface area contributed by atoms with Crippen LogP contribution in [0.5, 0.6) is 5.75 Å². The van der Waals surface area contributed by atoms with Gasteiger partial charge >= 0.3 is 0 Å². The van der Waals surface area contributed by atoms with Gasteiger partial charge in [0, 0.05) is 29.7 Å². The minimum atomic E-state index is -3.92. The van der Waals surface area contributed by atoms with Gasteiger partial charge in [-0.1, -0.05) is 46.9 Å². The van der Waals surface area contributed by atoms with Gasteiger partial charge in [-0.05, 0) is 49.4 Å². The van der Waals surface area contributed by atoms with Crippen LogP contribution in [0.2, 0.25) is 14.4 Å². The molecular formula is C21H19Cl3N2O3S2. The fourth-order valence-electron chi connectivity index (χ4n) is 3.43. The second-order valence-electron chi connectivity index (χ2n) is 7.30. The van der Waals surface area contributed by atoms with Crippen molar-refractivity contribution in [3.63, 3.8) is 0 Å². The SMILES string of the molecule is CN1CCC(Oc2cc(NS(=O)(=O)c3sc(Cl)cc3-c3cccc(Cl)c3)ccc2Cl)C1. The quantitative estimate of drug-likeness (QED) is 0.419. The van der Waals surface area contributed by atoms with Gasteiger partial charge in [0.15, 0.2) is 0 Å². The first-order valence-corrected chi connectivity index (χ1v) is 12.9. The molecular weight excluding hydrogens is 499 g/mol. The fraction of sp³-hybridized carbons (Fsp3) is 0.238. The van der Waals surface area contributed by atoms with Crippen molar-refractivity contribution in [2.45, 2.75) is 16.7 Å². The van der Waals surface area contributed by atoms with E-state index in [0.29, 0.717) is 36.9 Å². The third kappa shape index (κ3) is 5.30. The summed E-state index contributed by atoms with van der Waals surface area (Å²) < 4.78 is 35.5. The third-order valence-corrected chi connectivity index (χ3v) is 8.60. The van der Waals surface area contributed by atoms with Crippen LogP contribution in [0.3, 0.4) is 0 Å². The topological polar surface area (TPSA) is 58.6 Å². The summed E-state index contributed by atoms with van der Waals surface area (Å²) in [5.74, 6) is 0.446. The van der Waals surface area contributed by atoms with E-state index in [-0.39, 0.29) is 10.3 Å². The Morgan fingerprint density at radius 3 is 2.65 bits per heavy atom. The van der Waals surface area contributed by atoms with E-state index in [1.54, 1.807) is 48.5 Å². The zero-order valence-electron chi connectivity index (χ0n) is 16.4. The molecule has 1 saturated heterocycles. The fourth-order valence-corrected chi connectivity index (χ4v) is 6.73. The van der Waals surface area contributed by atoms with E-state index in [9.17, 15) is 8.42 Å². The number of hydrogen-bond donors (Lipinski definition) is 1. The highest BCUT2D eigenvalue weighted by molar-refractivity contribution is 7.94.